The Morgan fingerprint density at radius 1 is 1.44 bits per heavy atom. The lowest BCUT2D eigenvalue weighted by Gasteiger charge is -2.08. The molecule has 1 atom stereocenters. The van der Waals surface area contributed by atoms with Crippen molar-refractivity contribution < 1.29 is 18.7 Å². The second-order valence-corrected chi connectivity index (χ2v) is 4.10. The fourth-order valence-corrected chi connectivity index (χ4v) is 1.43. The zero-order chi connectivity index (χ0) is 13.7. The van der Waals surface area contributed by atoms with E-state index in [0.717, 1.165) is 6.07 Å². The largest absolute Gasteiger partial charge is 0.396 e. The molecule has 0 radical (unpaired) electrons. The Kier molecular flexibility index (Phi) is 5.03. The topological polar surface area (TPSA) is 75.3 Å². The normalized spacial score (nSPS) is 12.2. The van der Waals surface area contributed by atoms with Crippen LogP contribution in [0.5, 0.6) is 0 Å². The van der Waals surface area contributed by atoms with Crippen LogP contribution in [0, 0.1) is 11.6 Å². The molecule has 1 unspecified atom stereocenters. The molecule has 1 rings (SSSR count). The van der Waals surface area contributed by atoms with Crippen molar-refractivity contribution in [2.45, 2.75) is 25.9 Å². The maximum Gasteiger partial charge on any atom is 0.254 e. The third-order valence-electron chi connectivity index (χ3n) is 2.42. The van der Waals surface area contributed by atoms with E-state index in [1.807, 2.05) is 0 Å². The molecule has 0 saturated carbocycles. The second-order valence-electron chi connectivity index (χ2n) is 4.10. The minimum absolute atomic E-state index is 0.273. The van der Waals surface area contributed by atoms with Crippen LogP contribution in [0.3, 0.4) is 0 Å². The maximum atomic E-state index is 13.3. The molecule has 0 heterocycles. The monoisotopic (exact) mass is 258 g/mol. The Balaban J connectivity index is 2.59. The quantitative estimate of drug-likeness (QED) is 0.552. The van der Waals surface area contributed by atoms with Crippen LogP contribution in [0.1, 0.15) is 30.1 Å². The molecule has 0 aromatic heterocycles. The highest BCUT2D eigenvalue weighted by Gasteiger charge is 2.14. The summed E-state index contributed by atoms with van der Waals surface area (Å²) in [5.74, 6) is -2.49. The van der Waals surface area contributed by atoms with Crippen molar-refractivity contribution in [1.29, 1.82) is 0 Å². The van der Waals surface area contributed by atoms with E-state index in [4.69, 9.17) is 10.8 Å². The molecule has 0 aliphatic carbocycles. The first-order chi connectivity index (χ1) is 8.41. The van der Waals surface area contributed by atoms with Gasteiger partial charge in [0.25, 0.3) is 5.91 Å². The van der Waals surface area contributed by atoms with E-state index in [2.05, 4.69) is 5.32 Å². The molecule has 0 aliphatic heterocycles. The van der Waals surface area contributed by atoms with Gasteiger partial charge >= 0.3 is 0 Å². The number of nitrogens with two attached hydrogens (primary N) is 1. The Labute approximate surface area is 104 Å². The van der Waals surface area contributed by atoms with E-state index < -0.39 is 23.6 Å². The minimum atomic E-state index is -0.949. The molecule has 1 aromatic rings. The van der Waals surface area contributed by atoms with Crippen LogP contribution in [0.4, 0.5) is 14.5 Å². The molecular weight excluding hydrogens is 242 g/mol. The first-order valence-electron chi connectivity index (χ1n) is 5.62. The van der Waals surface area contributed by atoms with Gasteiger partial charge in [0.15, 0.2) is 0 Å². The zero-order valence-corrected chi connectivity index (χ0v) is 10.0. The van der Waals surface area contributed by atoms with Gasteiger partial charge in [0, 0.05) is 12.6 Å². The molecular formula is C12H16F2N2O2. The van der Waals surface area contributed by atoms with Gasteiger partial charge in [-0.2, -0.15) is 0 Å². The molecule has 0 fully saturated rings. The number of aliphatic hydroxyl groups is 1. The molecule has 6 heteroatoms. The summed E-state index contributed by atoms with van der Waals surface area (Å²) in [5.41, 5.74) is 4.71. The lowest BCUT2D eigenvalue weighted by atomic mass is 10.1. The Bertz CT molecular complexity index is 436. The first kappa shape index (κ1) is 14.4. The average molecular weight is 258 g/mol. The van der Waals surface area contributed by atoms with Crippen molar-refractivity contribution in [2.75, 3.05) is 12.3 Å². The highest BCUT2D eigenvalue weighted by molar-refractivity contribution is 5.95. The molecule has 0 spiro atoms. The summed E-state index contributed by atoms with van der Waals surface area (Å²) < 4.78 is 26.2. The van der Waals surface area contributed by atoms with Crippen LogP contribution in [-0.2, 0) is 0 Å². The third kappa shape index (κ3) is 3.96. The predicted molar refractivity (Wildman–Crippen MR) is 64.0 cm³/mol. The van der Waals surface area contributed by atoms with Gasteiger partial charge in [-0.25, -0.2) is 8.78 Å². The van der Waals surface area contributed by atoms with Gasteiger partial charge in [0.2, 0.25) is 0 Å². The smallest absolute Gasteiger partial charge is 0.254 e. The molecule has 100 valence electrons. The zero-order valence-electron chi connectivity index (χ0n) is 10.0. The van der Waals surface area contributed by atoms with Gasteiger partial charge in [0.05, 0.1) is 17.4 Å². The van der Waals surface area contributed by atoms with Gasteiger partial charge in [-0.05, 0) is 25.8 Å². The van der Waals surface area contributed by atoms with Gasteiger partial charge in [-0.1, -0.05) is 0 Å². The van der Waals surface area contributed by atoms with Gasteiger partial charge in [0.1, 0.15) is 11.6 Å². The molecule has 0 bridgehead atoms. The number of carbonyl (C=O) groups excluding carboxylic acids is 1. The van der Waals surface area contributed by atoms with E-state index in [0.29, 0.717) is 25.5 Å². The number of hydrogen-bond donors (Lipinski definition) is 3. The highest BCUT2D eigenvalue weighted by Crippen LogP contribution is 2.16. The molecule has 0 saturated heterocycles. The summed E-state index contributed by atoms with van der Waals surface area (Å²) in [5, 5.41) is 11.5. The summed E-state index contributed by atoms with van der Waals surface area (Å²) in [4.78, 5) is 11.6. The number of nitrogens with one attached hydrogen (secondary N) is 1. The van der Waals surface area contributed by atoms with Crippen molar-refractivity contribution in [3.8, 4) is 0 Å². The van der Waals surface area contributed by atoms with Crippen molar-refractivity contribution >= 4 is 11.6 Å². The first-order valence-corrected chi connectivity index (χ1v) is 5.62. The predicted octanol–water partition coefficient (Wildman–Crippen LogP) is 1.44. The van der Waals surface area contributed by atoms with E-state index in [1.165, 1.54) is 0 Å². The van der Waals surface area contributed by atoms with Crippen molar-refractivity contribution in [2.24, 2.45) is 0 Å². The van der Waals surface area contributed by atoms with Gasteiger partial charge in [-0.15, -0.1) is 0 Å². The summed E-state index contributed by atoms with van der Waals surface area (Å²) in [7, 11) is 0. The third-order valence-corrected chi connectivity index (χ3v) is 2.42. The van der Waals surface area contributed by atoms with Crippen LogP contribution in [0.25, 0.3) is 0 Å². The lowest BCUT2D eigenvalue weighted by Crippen LogP contribution is -2.26. The van der Waals surface area contributed by atoms with Crippen LogP contribution < -0.4 is 11.1 Å². The van der Waals surface area contributed by atoms with Crippen molar-refractivity contribution in [1.82, 2.24) is 5.32 Å². The van der Waals surface area contributed by atoms with E-state index in [-0.39, 0.29) is 11.3 Å². The van der Waals surface area contributed by atoms with Gasteiger partial charge < -0.3 is 16.2 Å². The number of benzene rings is 1. The average Bonchev–Trinajstić information content (AvgIpc) is 2.28. The minimum Gasteiger partial charge on any atom is -0.396 e. The molecule has 1 amide bonds. The number of nitrogen functional groups attached to an aromatic ring is 1. The number of anilines is 1. The molecule has 4 N–H and O–H groups in total. The number of carbonyl (C=O) groups is 1. The Morgan fingerprint density at radius 2 is 2.11 bits per heavy atom. The summed E-state index contributed by atoms with van der Waals surface area (Å²) >= 11 is 0. The molecule has 1 aromatic carbocycles. The molecule has 18 heavy (non-hydrogen) atoms. The number of halogens is 2. The van der Waals surface area contributed by atoms with Crippen LogP contribution >= 0.6 is 0 Å². The molecule has 4 nitrogen and oxygen atoms in total. The van der Waals surface area contributed by atoms with E-state index in [9.17, 15) is 13.6 Å². The van der Waals surface area contributed by atoms with Crippen LogP contribution in [0.2, 0.25) is 0 Å². The maximum absolute atomic E-state index is 13.3. The van der Waals surface area contributed by atoms with Crippen LogP contribution in [-0.4, -0.2) is 23.7 Å². The second kappa shape index (κ2) is 6.30. The highest BCUT2D eigenvalue weighted by atomic mass is 19.1. The lowest BCUT2D eigenvalue weighted by molar-refractivity contribution is 0.0945. The Morgan fingerprint density at radius 3 is 2.72 bits per heavy atom. The Hall–Kier alpha value is -1.69. The standard InChI is InChI=1S/C12H16F2N2O2/c1-7(17)3-2-4-16-12(18)8-5-11(15)10(14)6-9(8)13/h5-7,17H,2-4,15H2,1H3,(H,16,18). The van der Waals surface area contributed by atoms with Crippen molar-refractivity contribution in [3.05, 3.63) is 29.3 Å². The molecule has 0 aliphatic rings. The van der Waals surface area contributed by atoms with E-state index in [1.54, 1.807) is 6.92 Å². The summed E-state index contributed by atoms with van der Waals surface area (Å²) in [6.45, 7) is 1.95. The number of aliphatic hydroxyl groups excluding tert-OH is 1. The number of rotatable bonds is 5. The number of hydrogen-bond acceptors (Lipinski definition) is 3. The van der Waals surface area contributed by atoms with E-state index >= 15 is 0 Å². The fraction of sp³-hybridized carbons (Fsp3) is 0.417. The summed E-state index contributed by atoms with van der Waals surface area (Å²) in [6.07, 6.45) is 0.663. The SMILES string of the molecule is CC(O)CCCNC(=O)c1cc(N)c(F)cc1F. The fourth-order valence-electron chi connectivity index (χ4n) is 1.43. The summed E-state index contributed by atoms with van der Waals surface area (Å²) in [6, 6.07) is 1.55. The van der Waals surface area contributed by atoms with Crippen LogP contribution in [0.15, 0.2) is 12.1 Å². The van der Waals surface area contributed by atoms with Gasteiger partial charge in [-0.3, -0.25) is 4.79 Å². The number of amides is 1. The van der Waals surface area contributed by atoms with Crippen molar-refractivity contribution in [3.63, 3.8) is 0 Å².